The zero-order valence-electron chi connectivity index (χ0n) is 13.4. The number of carbonyl (C=O) groups excluding carboxylic acids is 1. The largest absolute Gasteiger partial charge is 0.395 e. The van der Waals surface area contributed by atoms with Crippen LogP contribution < -0.4 is 0 Å². The van der Waals surface area contributed by atoms with Crippen LogP contribution in [0.25, 0.3) is 10.6 Å². The molecule has 2 aromatic heterocycles. The average molecular weight is 335 g/mol. The Labute approximate surface area is 139 Å². The fraction of sp³-hybridized carbons (Fsp3) is 0.533. The van der Waals surface area contributed by atoms with Gasteiger partial charge < -0.3 is 10.0 Å². The second-order valence-corrected chi connectivity index (χ2v) is 6.69. The van der Waals surface area contributed by atoms with E-state index in [0.29, 0.717) is 24.5 Å². The van der Waals surface area contributed by atoms with Crippen LogP contribution in [0.5, 0.6) is 0 Å². The Morgan fingerprint density at radius 3 is 2.70 bits per heavy atom. The molecule has 2 aromatic rings. The highest BCUT2D eigenvalue weighted by Crippen LogP contribution is 2.28. The van der Waals surface area contributed by atoms with Crippen LogP contribution in [0.3, 0.4) is 0 Å². The predicted octanol–water partition coefficient (Wildman–Crippen LogP) is 0.602. The first-order valence-corrected chi connectivity index (χ1v) is 8.49. The van der Waals surface area contributed by atoms with Gasteiger partial charge in [-0.15, -0.1) is 11.3 Å². The maximum Gasteiger partial charge on any atom is 0.265 e. The minimum atomic E-state index is 0.0544. The number of β-amino-alcohol motifs (C(OH)–C–C–N with tert-alkyl or cyclic N) is 1. The number of aryl methyl sites for hydroxylation is 2. The number of hydrogen-bond donors (Lipinski definition) is 1. The Morgan fingerprint density at radius 1 is 1.35 bits per heavy atom. The fourth-order valence-electron chi connectivity index (χ4n) is 2.71. The minimum absolute atomic E-state index is 0.0544. The lowest BCUT2D eigenvalue weighted by molar-refractivity contribution is 0.0618. The molecule has 1 aliphatic heterocycles. The van der Waals surface area contributed by atoms with Gasteiger partial charge in [0.2, 0.25) is 0 Å². The summed E-state index contributed by atoms with van der Waals surface area (Å²) in [5.41, 5.74) is 1.71. The van der Waals surface area contributed by atoms with Gasteiger partial charge in [0.25, 0.3) is 5.91 Å². The summed E-state index contributed by atoms with van der Waals surface area (Å²) in [5.74, 6) is 0.0544. The number of aliphatic hydroxyl groups excluding tert-OH is 1. The number of piperazine rings is 1. The van der Waals surface area contributed by atoms with Gasteiger partial charge in [-0.3, -0.25) is 14.4 Å². The molecule has 1 amide bonds. The van der Waals surface area contributed by atoms with E-state index in [4.69, 9.17) is 5.11 Å². The number of amides is 1. The molecule has 1 fully saturated rings. The Hall–Kier alpha value is -1.77. The summed E-state index contributed by atoms with van der Waals surface area (Å²) < 4.78 is 1.73. The van der Waals surface area contributed by atoms with E-state index in [2.05, 4.69) is 15.0 Å². The van der Waals surface area contributed by atoms with Crippen molar-refractivity contribution in [2.24, 2.45) is 7.05 Å². The van der Waals surface area contributed by atoms with Crippen molar-refractivity contribution in [2.45, 2.75) is 6.92 Å². The molecule has 3 heterocycles. The molecule has 1 N–H and O–H groups in total. The average Bonchev–Trinajstić information content (AvgIpc) is 3.14. The van der Waals surface area contributed by atoms with Crippen molar-refractivity contribution >= 4 is 17.2 Å². The molecule has 23 heavy (non-hydrogen) atoms. The van der Waals surface area contributed by atoms with E-state index in [0.717, 1.165) is 29.4 Å². The molecule has 124 valence electrons. The molecule has 1 aliphatic rings. The summed E-state index contributed by atoms with van der Waals surface area (Å²) in [6.07, 6.45) is 3.67. The van der Waals surface area contributed by atoms with Crippen molar-refractivity contribution in [3.63, 3.8) is 0 Å². The summed E-state index contributed by atoms with van der Waals surface area (Å²) in [7, 11) is 1.86. The van der Waals surface area contributed by atoms with Crippen molar-refractivity contribution < 1.29 is 9.90 Å². The van der Waals surface area contributed by atoms with Gasteiger partial charge in [-0.2, -0.15) is 5.10 Å². The third kappa shape index (κ3) is 3.44. The second kappa shape index (κ2) is 6.77. The number of carbonyl (C=O) groups is 1. The highest BCUT2D eigenvalue weighted by molar-refractivity contribution is 7.17. The van der Waals surface area contributed by atoms with Gasteiger partial charge in [-0.05, 0) is 6.92 Å². The first-order chi connectivity index (χ1) is 11.1. The van der Waals surface area contributed by atoms with Gasteiger partial charge in [0.1, 0.15) is 9.88 Å². The van der Waals surface area contributed by atoms with E-state index in [1.165, 1.54) is 11.3 Å². The molecule has 0 spiro atoms. The van der Waals surface area contributed by atoms with Crippen LogP contribution in [-0.4, -0.2) is 74.9 Å². The predicted molar refractivity (Wildman–Crippen MR) is 88.5 cm³/mol. The Kier molecular flexibility index (Phi) is 4.74. The van der Waals surface area contributed by atoms with Crippen LogP contribution in [0.2, 0.25) is 0 Å². The first kappa shape index (κ1) is 16.1. The van der Waals surface area contributed by atoms with E-state index in [-0.39, 0.29) is 12.5 Å². The first-order valence-electron chi connectivity index (χ1n) is 7.67. The summed E-state index contributed by atoms with van der Waals surface area (Å²) in [6, 6.07) is 0. The summed E-state index contributed by atoms with van der Waals surface area (Å²) in [5, 5.41) is 14.0. The molecule has 1 saturated heterocycles. The van der Waals surface area contributed by atoms with Crippen molar-refractivity contribution in [3.05, 3.63) is 23.0 Å². The zero-order valence-corrected chi connectivity index (χ0v) is 14.2. The monoisotopic (exact) mass is 335 g/mol. The fourth-order valence-corrected chi connectivity index (χ4v) is 3.72. The molecule has 0 aromatic carbocycles. The van der Waals surface area contributed by atoms with Gasteiger partial charge in [-0.25, -0.2) is 4.98 Å². The van der Waals surface area contributed by atoms with Crippen molar-refractivity contribution in [1.82, 2.24) is 24.6 Å². The van der Waals surface area contributed by atoms with Gasteiger partial charge >= 0.3 is 0 Å². The number of thiazole rings is 1. The number of aliphatic hydroxyl groups is 1. The molecular weight excluding hydrogens is 314 g/mol. The van der Waals surface area contributed by atoms with Gasteiger partial charge in [0.15, 0.2) is 0 Å². The van der Waals surface area contributed by atoms with Crippen LogP contribution in [0, 0.1) is 6.92 Å². The summed E-state index contributed by atoms with van der Waals surface area (Å²) in [4.78, 5) is 22.0. The summed E-state index contributed by atoms with van der Waals surface area (Å²) in [6.45, 7) is 5.71. The third-order valence-electron chi connectivity index (χ3n) is 4.02. The Balaban J connectivity index is 1.72. The molecule has 7 nitrogen and oxygen atoms in total. The van der Waals surface area contributed by atoms with Crippen molar-refractivity contribution in [3.8, 4) is 10.6 Å². The standard InChI is InChI=1S/C15H21N5O2S/c1-11-13(23-14(17-11)12-9-16-18(2)10-12)15(22)20-5-3-19(4-6-20)7-8-21/h9-10,21H,3-8H2,1-2H3. The molecule has 0 aliphatic carbocycles. The SMILES string of the molecule is Cc1nc(-c2cnn(C)c2)sc1C(=O)N1CCN(CCO)CC1. The van der Waals surface area contributed by atoms with E-state index in [1.807, 2.05) is 25.1 Å². The smallest absolute Gasteiger partial charge is 0.265 e. The maximum atomic E-state index is 12.7. The minimum Gasteiger partial charge on any atom is -0.395 e. The van der Waals surface area contributed by atoms with Crippen molar-refractivity contribution in [1.29, 1.82) is 0 Å². The molecule has 0 unspecified atom stereocenters. The lowest BCUT2D eigenvalue weighted by Crippen LogP contribution is -2.49. The number of nitrogens with zero attached hydrogens (tertiary/aromatic N) is 5. The molecule has 0 saturated carbocycles. The van der Waals surface area contributed by atoms with Crippen LogP contribution in [0.1, 0.15) is 15.4 Å². The van der Waals surface area contributed by atoms with Gasteiger partial charge in [0, 0.05) is 51.5 Å². The number of rotatable bonds is 4. The zero-order chi connectivity index (χ0) is 16.4. The highest BCUT2D eigenvalue weighted by atomic mass is 32.1. The number of aromatic nitrogens is 3. The second-order valence-electron chi connectivity index (χ2n) is 5.69. The van der Waals surface area contributed by atoms with Crippen LogP contribution >= 0.6 is 11.3 Å². The van der Waals surface area contributed by atoms with Gasteiger partial charge in [-0.1, -0.05) is 0 Å². The molecule has 3 rings (SSSR count). The lowest BCUT2D eigenvalue weighted by Gasteiger charge is -2.34. The van der Waals surface area contributed by atoms with Crippen LogP contribution in [0.4, 0.5) is 0 Å². The topological polar surface area (TPSA) is 74.5 Å². The lowest BCUT2D eigenvalue weighted by atomic mass is 10.2. The van der Waals surface area contributed by atoms with E-state index in [9.17, 15) is 4.79 Å². The molecular formula is C15H21N5O2S. The maximum absolute atomic E-state index is 12.7. The Bertz CT molecular complexity index is 688. The van der Waals surface area contributed by atoms with E-state index >= 15 is 0 Å². The third-order valence-corrected chi connectivity index (χ3v) is 5.21. The molecule has 0 atom stereocenters. The van der Waals surface area contributed by atoms with Crippen LogP contribution in [0.15, 0.2) is 12.4 Å². The van der Waals surface area contributed by atoms with E-state index in [1.54, 1.807) is 10.9 Å². The normalized spacial score (nSPS) is 16.0. The quantitative estimate of drug-likeness (QED) is 0.886. The van der Waals surface area contributed by atoms with Gasteiger partial charge in [0.05, 0.1) is 18.5 Å². The van der Waals surface area contributed by atoms with Crippen molar-refractivity contribution in [2.75, 3.05) is 39.3 Å². The molecule has 8 heteroatoms. The molecule has 0 bridgehead atoms. The highest BCUT2D eigenvalue weighted by Gasteiger charge is 2.25. The summed E-state index contributed by atoms with van der Waals surface area (Å²) >= 11 is 1.43. The van der Waals surface area contributed by atoms with Crippen LogP contribution in [-0.2, 0) is 7.05 Å². The Morgan fingerprint density at radius 2 is 2.09 bits per heavy atom. The van der Waals surface area contributed by atoms with E-state index < -0.39 is 0 Å². The molecule has 0 radical (unpaired) electrons. The number of hydrogen-bond acceptors (Lipinski definition) is 6.